The molecule has 0 saturated carbocycles. The van der Waals surface area contributed by atoms with Crippen LogP contribution in [0.2, 0.25) is 0 Å². The SMILES string of the molecule is Cc1ccc(NS(=O)(=O)c2ccc(NC(=O)c3cc(S(=O)(=O)N4CCOCC4)ccc3C)cc2)c(C)c1. The molecule has 1 heterocycles. The standard InChI is InChI=1S/C26H29N3O6S2/c1-18-4-11-25(20(3)16-18)28-36(31,32)22-9-6-21(7-10-22)27-26(30)24-17-23(8-5-19(24)2)37(33,34)29-12-14-35-15-13-29/h4-11,16-17,28H,12-15H2,1-3H3,(H,27,30). The Morgan fingerprint density at radius 1 is 0.811 bits per heavy atom. The smallest absolute Gasteiger partial charge is 0.261 e. The summed E-state index contributed by atoms with van der Waals surface area (Å²) >= 11 is 0. The van der Waals surface area contributed by atoms with Gasteiger partial charge in [-0.15, -0.1) is 0 Å². The van der Waals surface area contributed by atoms with Crippen molar-refractivity contribution in [1.29, 1.82) is 0 Å². The van der Waals surface area contributed by atoms with Crippen molar-refractivity contribution in [1.82, 2.24) is 4.31 Å². The van der Waals surface area contributed by atoms with Gasteiger partial charge < -0.3 is 10.1 Å². The maximum absolute atomic E-state index is 13.0. The zero-order valence-corrected chi connectivity index (χ0v) is 22.4. The van der Waals surface area contributed by atoms with Crippen molar-refractivity contribution in [2.45, 2.75) is 30.6 Å². The van der Waals surface area contributed by atoms with Gasteiger partial charge in [-0.2, -0.15) is 4.31 Å². The van der Waals surface area contributed by atoms with E-state index in [-0.39, 0.29) is 28.4 Å². The van der Waals surface area contributed by atoms with E-state index >= 15 is 0 Å². The van der Waals surface area contributed by atoms with Gasteiger partial charge in [0.05, 0.1) is 28.7 Å². The molecule has 0 spiro atoms. The van der Waals surface area contributed by atoms with Gasteiger partial charge in [-0.1, -0.05) is 23.8 Å². The van der Waals surface area contributed by atoms with E-state index in [9.17, 15) is 21.6 Å². The van der Waals surface area contributed by atoms with E-state index in [4.69, 9.17) is 4.74 Å². The van der Waals surface area contributed by atoms with Crippen LogP contribution in [0.4, 0.5) is 11.4 Å². The molecule has 3 aromatic rings. The van der Waals surface area contributed by atoms with Gasteiger partial charge in [0, 0.05) is 24.3 Å². The zero-order valence-electron chi connectivity index (χ0n) is 20.8. The lowest BCUT2D eigenvalue weighted by Gasteiger charge is -2.26. The molecule has 3 aromatic carbocycles. The van der Waals surface area contributed by atoms with Crippen molar-refractivity contribution < 1.29 is 26.4 Å². The summed E-state index contributed by atoms with van der Waals surface area (Å²) in [4.78, 5) is 13.1. The predicted octanol–water partition coefficient (Wildman–Crippen LogP) is 3.69. The normalized spacial score (nSPS) is 14.8. The van der Waals surface area contributed by atoms with Crippen LogP contribution in [-0.4, -0.2) is 53.4 Å². The van der Waals surface area contributed by atoms with Crippen LogP contribution in [0.15, 0.2) is 70.5 Å². The zero-order chi connectivity index (χ0) is 26.8. The largest absolute Gasteiger partial charge is 0.379 e. The Balaban J connectivity index is 1.50. The molecule has 2 N–H and O–H groups in total. The molecule has 0 radical (unpaired) electrons. The molecule has 4 rings (SSSR count). The number of sulfonamides is 2. The highest BCUT2D eigenvalue weighted by atomic mass is 32.2. The van der Waals surface area contributed by atoms with Crippen molar-refractivity contribution >= 4 is 37.3 Å². The van der Waals surface area contributed by atoms with Crippen LogP contribution in [0.25, 0.3) is 0 Å². The first-order chi connectivity index (χ1) is 17.5. The fraction of sp³-hybridized carbons (Fsp3) is 0.269. The number of rotatable bonds is 7. The maximum Gasteiger partial charge on any atom is 0.261 e. The number of anilines is 2. The van der Waals surface area contributed by atoms with Crippen molar-refractivity contribution in [2.75, 3.05) is 36.3 Å². The first kappa shape index (κ1) is 26.8. The molecule has 1 fully saturated rings. The summed E-state index contributed by atoms with van der Waals surface area (Å²) in [5, 5.41) is 2.72. The summed E-state index contributed by atoms with van der Waals surface area (Å²) in [7, 11) is -7.59. The molecule has 0 bridgehead atoms. The topological polar surface area (TPSA) is 122 Å². The van der Waals surface area contributed by atoms with Crippen LogP contribution in [0.3, 0.4) is 0 Å². The quantitative estimate of drug-likeness (QED) is 0.469. The Morgan fingerprint density at radius 2 is 1.46 bits per heavy atom. The Morgan fingerprint density at radius 3 is 2.11 bits per heavy atom. The molecule has 11 heteroatoms. The molecule has 0 aliphatic carbocycles. The van der Waals surface area contributed by atoms with Gasteiger partial charge in [-0.3, -0.25) is 9.52 Å². The minimum atomic E-state index is -3.83. The molecule has 1 aliphatic heterocycles. The van der Waals surface area contributed by atoms with Crippen LogP contribution >= 0.6 is 0 Å². The number of nitrogens with zero attached hydrogens (tertiary/aromatic N) is 1. The molecule has 1 aliphatic rings. The van der Waals surface area contributed by atoms with E-state index in [1.54, 1.807) is 19.1 Å². The number of hydrogen-bond donors (Lipinski definition) is 2. The number of ether oxygens (including phenoxy) is 1. The first-order valence-electron chi connectivity index (χ1n) is 11.7. The second-order valence-corrected chi connectivity index (χ2v) is 12.5. The van der Waals surface area contributed by atoms with Crippen molar-refractivity contribution in [3.8, 4) is 0 Å². The number of carbonyl (C=O) groups is 1. The minimum Gasteiger partial charge on any atom is -0.379 e. The minimum absolute atomic E-state index is 0.0315. The lowest BCUT2D eigenvalue weighted by Crippen LogP contribution is -2.40. The van der Waals surface area contributed by atoms with Crippen LogP contribution in [-0.2, 0) is 24.8 Å². The first-order valence-corrected chi connectivity index (χ1v) is 14.6. The third kappa shape index (κ3) is 6.02. The van der Waals surface area contributed by atoms with Crippen LogP contribution in [0.1, 0.15) is 27.0 Å². The number of benzene rings is 3. The lowest BCUT2D eigenvalue weighted by molar-refractivity contribution is 0.0730. The number of nitrogens with one attached hydrogen (secondary N) is 2. The molecular weight excluding hydrogens is 514 g/mol. The van der Waals surface area contributed by atoms with Gasteiger partial charge in [0.15, 0.2) is 0 Å². The van der Waals surface area contributed by atoms with Gasteiger partial charge >= 0.3 is 0 Å². The second-order valence-electron chi connectivity index (χ2n) is 8.90. The summed E-state index contributed by atoms with van der Waals surface area (Å²) in [5.41, 5.74) is 3.51. The molecule has 0 aromatic heterocycles. The number of aryl methyl sites for hydroxylation is 3. The van der Waals surface area contributed by atoms with E-state index in [2.05, 4.69) is 10.0 Å². The predicted molar refractivity (Wildman–Crippen MR) is 142 cm³/mol. The molecule has 196 valence electrons. The number of morpholine rings is 1. The third-order valence-corrected chi connectivity index (χ3v) is 9.39. The van der Waals surface area contributed by atoms with Crippen LogP contribution < -0.4 is 10.0 Å². The summed E-state index contributed by atoms with van der Waals surface area (Å²) in [6, 6.07) is 15.6. The third-order valence-electron chi connectivity index (χ3n) is 6.11. The maximum atomic E-state index is 13.0. The van der Waals surface area contributed by atoms with Gasteiger partial charge in [-0.05, 0) is 74.4 Å². The van der Waals surface area contributed by atoms with Gasteiger partial charge in [0.25, 0.3) is 15.9 Å². The highest BCUT2D eigenvalue weighted by Crippen LogP contribution is 2.24. The van der Waals surface area contributed by atoms with E-state index in [1.807, 2.05) is 26.0 Å². The van der Waals surface area contributed by atoms with E-state index in [1.165, 1.54) is 40.7 Å². The van der Waals surface area contributed by atoms with Gasteiger partial charge in [0.2, 0.25) is 10.0 Å². The van der Waals surface area contributed by atoms with E-state index < -0.39 is 26.0 Å². The summed E-state index contributed by atoms with van der Waals surface area (Å²) in [6.07, 6.45) is 0. The Hall–Kier alpha value is -3.25. The van der Waals surface area contributed by atoms with E-state index in [0.29, 0.717) is 30.2 Å². The summed E-state index contributed by atoms with van der Waals surface area (Å²) in [6.45, 7) is 6.63. The number of amides is 1. The Kier molecular flexibility index (Phi) is 7.69. The van der Waals surface area contributed by atoms with Crippen molar-refractivity contribution in [3.63, 3.8) is 0 Å². The highest BCUT2D eigenvalue weighted by Gasteiger charge is 2.27. The number of hydrogen-bond acceptors (Lipinski definition) is 6. The molecular formula is C26H29N3O6S2. The molecule has 1 saturated heterocycles. The van der Waals surface area contributed by atoms with Crippen molar-refractivity contribution in [2.24, 2.45) is 0 Å². The summed E-state index contributed by atoms with van der Waals surface area (Å²) in [5.74, 6) is -0.500. The van der Waals surface area contributed by atoms with E-state index in [0.717, 1.165) is 11.1 Å². The Labute approximate surface area is 217 Å². The molecule has 0 unspecified atom stereocenters. The summed E-state index contributed by atoms with van der Waals surface area (Å²) < 4.78 is 60.8. The van der Waals surface area contributed by atoms with Crippen molar-refractivity contribution in [3.05, 3.63) is 82.9 Å². The average Bonchev–Trinajstić information content (AvgIpc) is 2.86. The van der Waals surface area contributed by atoms with Crippen LogP contribution in [0.5, 0.6) is 0 Å². The monoisotopic (exact) mass is 543 g/mol. The number of carbonyl (C=O) groups excluding carboxylic acids is 1. The average molecular weight is 544 g/mol. The fourth-order valence-corrected chi connectivity index (χ4v) is 6.56. The molecule has 1 amide bonds. The molecule has 9 nitrogen and oxygen atoms in total. The second kappa shape index (κ2) is 10.6. The highest BCUT2D eigenvalue weighted by molar-refractivity contribution is 7.92. The Bertz CT molecular complexity index is 1530. The van der Waals surface area contributed by atoms with Crippen LogP contribution in [0, 0.1) is 20.8 Å². The molecule has 0 atom stereocenters. The molecule has 37 heavy (non-hydrogen) atoms. The fourth-order valence-electron chi connectivity index (χ4n) is 3.99. The van der Waals surface area contributed by atoms with Gasteiger partial charge in [-0.25, -0.2) is 16.8 Å². The lowest BCUT2D eigenvalue weighted by atomic mass is 10.1. The van der Waals surface area contributed by atoms with Gasteiger partial charge in [0.1, 0.15) is 0 Å².